The second-order valence-electron chi connectivity index (χ2n) is 5.86. The highest BCUT2D eigenvalue weighted by Crippen LogP contribution is 2.30. The molecule has 16 heavy (non-hydrogen) atoms. The summed E-state index contributed by atoms with van der Waals surface area (Å²) in [6.07, 6.45) is 8.57. The molecule has 2 heteroatoms. The third-order valence-corrected chi connectivity index (χ3v) is 5.90. The first-order chi connectivity index (χ1) is 7.75. The number of thioether (sulfide) groups is 1. The summed E-state index contributed by atoms with van der Waals surface area (Å²) in [6, 6.07) is 0.814. The minimum absolute atomic E-state index is 0.814. The van der Waals surface area contributed by atoms with Gasteiger partial charge in [0.1, 0.15) is 0 Å². The minimum Gasteiger partial charge on any atom is -0.313 e. The van der Waals surface area contributed by atoms with E-state index in [1.165, 1.54) is 50.8 Å². The van der Waals surface area contributed by atoms with Crippen LogP contribution >= 0.6 is 11.8 Å². The van der Waals surface area contributed by atoms with Crippen molar-refractivity contribution in [3.8, 4) is 0 Å². The van der Waals surface area contributed by atoms with Crippen molar-refractivity contribution in [3.05, 3.63) is 0 Å². The molecule has 0 bridgehead atoms. The molecule has 1 aliphatic carbocycles. The van der Waals surface area contributed by atoms with Crippen LogP contribution in [0.1, 0.15) is 52.4 Å². The SMILES string of the molecule is CC1CCC(NCC2CCCCS2)CC1C. The van der Waals surface area contributed by atoms with Crippen LogP contribution in [0.4, 0.5) is 0 Å². The predicted octanol–water partition coefficient (Wildman–Crippen LogP) is 3.69. The summed E-state index contributed by atoms with van der Waals surface area (Å²) in [4.78, 5) is 0. The Morgan fingerprint density at radius 2 is 1.94 bits per heavy atom. The molecule has 1 saturated heterocycles. The highest BCUT2D eigenvalue weighted by Gasteiger charge is 2.25. The molecule has 2 rings (SSSR count). The van der Waals surface area contributed by atoms with E-state index in [2.05, 4.69) is 30.9 Å². The molecule has 0 radical (unpaired) electrons. The smallest absolute Gasteiger partial charge is 0.0172 e. The topological polar surface area (TPSA) is 12.0 Å². The number of nitrogens with one attached hydrogen (secondary N) is 1. The Morgan fingerprint density at radius 1 is 1.06 bits per heavy atom. The Hall–Kier alpha value is 0.310. The van der Waals surface area contributed by atoms with E-state index in [1.54, 1.807) is 0 Å². The lowest BCUT2D eigenvalue weighted by Crippen LogP contribution is -2.39. The van der Waals surface area contributed by atoms with Gasteiger partial charge in [0.2, 0.25) is 0 Å². The maximum Gasteiger partial charge on any atom is 0.0172 e. The lowest BCUT2D eigenvalue weighted by Gasteiger charge is -2.34. The quantitative estimate of drug-likeness (QED) is 0.809. The molecule has 4 atom stereocenters. The summed E-state index contributed by atoms with van der Waals surface area (Å²) in [5.41, 5.74) is 0. The molecule has 0 aromatic heterocycles. The van der Waals surface area contributed by atoms with Crippen LogP contribution < -0.4 is 5.32 Å². The minimum atomic E-state index is 0.814. The molecule has 4 unspecified atom stereocenters. The molecule has 1 aliphatic heterocycles. The van der Waals surface area contributed by atoms with Gasteiger partial charge in [-0.15, -0.1) is 0 Å². The first-order valence-electron chi connectivity index (χ1n) is 7.10. The standard InChI is InChI=1S/C14H27NS/c1-11-6-7-13(9-12(11)2)15-10-14-5-3-4-8-16-14/h11-15H,3-10H2,1-2H3. The van der Waals surface area contributed by atoms with Crippen LogP contribution in [0.2, 0.25) is 0 Å². The summed E-state index contributed by atoms with van der Waals surface area (Å²) >= 11 is 2.19. The second-order valence-corrected chi connectivity index (χ2v) is 7.27. The normalized spacial score (nSPS) is 40.9. The van der Waals surface area contributed by atoms with Crippen molar-refractivity contribution in [3.63, 3.8) is 0 Å². The van der Waals surface area contributed by atoms with E-state index in [-0.39, 0.29) is 0 Å². The summed E-state index contributed by atoms with van der Waals surface area (Å²) in [6.45, 7) is 6.10. The fourth-order valence-electron chi connectivity index (χ4n) is 3.00. The highest BCUT2D eigenvalue weighted by atomic mass is 32.2. The van der Waals surface area contributed by atoms with Gasteiger partial charge in [-0.05, 0) is 49.7 Å². The second kappa shape index (κ2) is 6.30. The average Bonchev–Trinajstić information content (AvgIpc) is 2.32. The Balaban J connectivity index is 1.65. The van der Waals surface area contributed by atoms with Gasteiger partial charge in [-0.3, -0.25) is 0 Å². The third-order valence-electron chi connectivity index (χ3n) is 4.51. The monoisotopic (exact) mass is 241 g/mol. The zero-order valence-corrected chi connectivity index (χ0v) is 11.7. The molecule has 0 aromatic carbocycles. The average molecular weight is 241 g/mol. The maximum absolute atomic E-state index is 3.82. The van der Waals surface area contributed by atoms with Crippen LogP contribution in [0.3, 0.4) is 0 Å². The molecule has 2 fully saturated rings. The molecular weight excluding hydrogens is 214 g/mol. The van der Waals surface area contributed by atoms with Gasteiger partial charge >= 0.3 is 0 Å². The fourth-order valence-corrected chi connectivity index (χ4v) is 4.25. The third kappa shape index (κ3) is 3.66. The molecule has 0 amide bonds. The van der Waals surface area contributed by atoms with Gasteiger partial charge in [0.25, 0.3) is 0 Å². The van der Waals surface area contributed by atoms with Crippen molar-refractivity contribution in [2.24, 2.45) is 11.8 Å². The summed E-state index contributed by atoms with van der Waals surface area (Å²) in [5, 5.41) is 4.73. The fraction of sp³-hybridized carbons (Fsp3) is 1.00. The molecule has 1 N–H and O–H groups in total. The molecular formula is C14H27NS. The number of rotatable bonds is 3. The van der Waals surface area contributed by atoms with Crippen LogP contribution in [-0.2, 0) is 0 Å². The van der Waals surface area contributed by atoms with E-state index >= 15 is 0 Å². The van der Waals surface area contributed by atoms with E-state index in [9.17, 15) is 0 Å². The largest absolute Gasteiger partial charge is 0.313 e. The van der Waals surface area contributed by atoms with E-state index in [1.807, 2.05) is 0 Å². The van der Waals surface area contributed by atoms with Crippen LogP contribution in [0, 0.1) is 11.8 Å². The molecule has 0 spiro atoms. The van der Waals surface area contributed by atoms with Crippen molar-refractivity contribution in [2.45, 2.75) is 63.7 Å². The van der Waals surface area contributed by atoms with Gasteiger partial charge in [-0.2, -0.15) is 11.8 Å². The lowest BCUT2D eigenvalue weighted by atomic mass is 9.79. The summed E-state index contributed by atoms with van der Waals surface area (Å²) in [7, 11) is 0. The van der Waals surface area contributed by atoms with Gasteiger partial charge in [0, 0.05) is 17.8 Å². The van der Waals surface area contributed by atoms with Crippen molar-refractivity contribution in [2.75, 3.05) is 12.3 Å². The predicted molar refractivity (Wildman–Crippen MR) is 74.1 cm³/mol. The van der Waals surface area contributed by atoms with Crippen LogP contribution in [0.5, 0.6) is 0 Å². The highest BCUT2D eigenvalue weighted by molar-refractivity contribution is 7.99. The zero-order chi connectivity index (χ0) is 11.4. The van der Waals surface area contributed by atoms with E-state index in [0.717, 1.165) is 23.1 Å². The molecule has 1 saturated carbocycles. The zero-order valence-electron chi connectivity index (χ0n) is 10.9. The Bertz CT molecular complexity index is 201. The first-order valence-corrected chi connectivity index (χ1v) is 8.15. The lowest BCUT2D eigenvalue weighted by molar-refractivity contribution is 0.226. The van der Waals surface area contributed by atoms with E-state index in [4.69, 9.17) is 0 Å². The Labute approximate surface area is 105 Å². The molecule has 1 nitrogen and oxygen atoms in total. The molecule has 1 heterocycles. The number of hydrogen-bond donors (Lipinski definition) is 1. The van der Waals surface area contributed by atoms with Crippen LogP contribution in [0.25, 0.3) is 0 Å². The molecule has 94 valence electrons. The maximum atomic E-state index is 3.82. The molecule has 0 aromatic rings. The number of hydrogen-bond acceptors (Lipinski definition) is 2. The van der Waals surface area contributed by atoms with Crippen molar-refractivity contribution in [1.82, 2.24) is 5.32 Å². The Kier molecular flexibility index (Phi) is 5.02. The Morgan fingerprint density at radius 3 is 2.62 bits per heavy atom. The molecule has 2 aliphatic rings. The van der Waals surface area contributed by atoms with Gasteiger partial charge in [-0.25, -0.2) is 0 Å². The van der Waals surface area contributed by atoms with Gasteiger partial charge in [0.05, 0.1) is 0 Å². The van der Waals surface area contributed by atoms with E-state index < -0.39 is 0 Å². The van der Waals surface area contributed by atoms with Gasteiger partial charge in [-0.1, -0.05) is 20.3 Å². The van der Waals surface area contributed by atoms with Crippen molar-refractivity contribution < 1.29 is 0 Å². The van der Waals surface area contributed by atoms with Crippen LogP contribution in [-0.4, -0.2) is 23.6 Å². The summed E-state index contributed by atoms with van der Waals surface area (Å²) in [5.74, 6) is 3.26. The van der Waals surface area contributed by atoms with E-state index in [0.29, 0.717) is 0 Å². The van der Waals surface area contributed by atoms with Gasteiger partial charge in [0.15, 0.2) is 0 Å². The van der Waals surface area contributed by atoms with Crippen LogP contribution in [0.15, 0.2) is 0 Å². The van der Waals surface area contributed by atoms with Gasteiger partial charge < -0.3 is 5.32 Å². The summed E-state index contributed by atoms with van der Waals surface area (Å²) < 4.78 is 0. The van der Waals surface area contributed by atoms with Crippen molar-refractivity contribution in [1.29, 1.82) is 0 Å². The first kappa shape index (κ1) is 12.8. The van der Waals surface area contributed by atoms with Crippen molar-refractivity contribution >= 4 is 11.8 Å².